The Kier molecular flexibility index (Phi) is 2.75. The molecule has 0 saturated carbocycles. The Morgan fingerprint density at radius 2 is 2.07 bits per heavy atom. The van der Waals surface area contributed by atoms with E-state index in [1.54, 1.807) is 0 Å². The first kappa shape index (κ1) is 9.56. The van der Waals surface area contributed by atoms with Gasteiger partial charge in [0.1, 0.15) is 11.9 Å². The minimum absolute atomic E-state index is 0.0937. The summed E-state index contributed by atoms with van der Waals surface area (Å²) in [6.07, 6.45) is 0.0937. The molecule has 0 aromatic heterocycles. The lowest BCUT2D eigenvalue weighted by atomic mass is 10.2. The fraction of sp³-hybridized carbons (Fsp3) is 0.273. The summed E-state index contributed by atoms with van der Waals surface area (Å²) in [5.41, 5.74) is 1.10. The SMILES string of the molecule is C=C1CNC[C@@H]1Oc1ccc(Cl)cc1. The van der Waals surface area contributed by atoms with Crippen LogP contribution in [0.25, 0.3) is 0 Å². The number of hydrogen-bond donors (Lipinski definition) is 1. The highest BCUT2D eigenvalue weighted by Crippen LogP contribution is 2.19. The van der Waals surface area contributed by atoms with Crippen LogP contribution in [-0.4, -0.2) is 19.2 Å². The van der Waals surface area contributed by atoms with E-state index < -0.39 is 0 Å². The number of halogens is 1. The summed E-state index contributed by atoms with van der Waals surface area (Å²) in [7, 11) is 0. The van der Waals surface area contributed by atoms with Crippen LogP contribution in [0.3, 0.4) is 0 Å². The molecule has 0 radical (unpaired) electrons. The van der Waals surface area contributed by atoms with E-state index in [2.05, 4.69) is 11.9 Å². The van der Waals surface area contributed by atoms with Crippen LogP contribution in [0, 0.1) is 0 Å². The fourth-order valence-electron chi connectivity index (χ4n) is 1.42. The third kappa shape index (κ3) is 2.08. The molecular weight excluding hydrogens is 198 g/mol. The molecule has 1 aromatic carbocycles. The van der Waals surface area contributed by atoms with E-state index >= 15 is 0 Å². The van der Waals surface area contributed by atoms with Crippen molar-refractivity contribution in [2.24, 2.45) is 0 Å². The predicted molar refractivity (Wildman–Crippen MR) is 57.9 cm³/mol. The molecule has 14 heavy (non-hydrogen) atoms. The lowest BCUT2D eigenvalue weighted by Gasteiger charge is -2.13. The van der Waals surface area contributed by atoms with Crippen molar-refractivity contribution >= 4 is 11.6 Å². The van der Waals surface area contributed by atoms with E-state index in [9.17, 15) is 0 Å². The second kappa shape index (κ2) is 4.03. The average molecular weight is 210 g/mol. The third-order valence-corrected chi connectivity index (χ3v) is 2.48. The Morgan fingerprint density at radius 3 is 2.64 bits per heavy atom. The molecule has 1 N–H and O–H groups in total. The zero-order chi connectivity index (χ0) is 9.97. The second-order valence-electron chi connectivity index (χ2n) is 3.35. The molecule has 1 aromatic rings. The van der Waals surface area contributed by atoms with Crippen LogP contribution in [0.15, 0.2) is 36.4 Å². The summed E-state index contributed by atoms with van der Waals surface area (Å²) in [5, 5.41) is 3.93. The number of benzene rings is 1. The molecule has 1 aliphatic rings. The summed E-state index contributed by atoms with van der Waals surface area (Å²) in [6, 6.07) is 7.38. The van der Waals surface area contributed by atoms with Gasteiger partial charge in [0.15, 0.2) is 0 Å². The van der Waals surface area contributed by atoms with Gasteiger partial charge in [0.05, 0.1) is 0 Å². The lowest BCUT2D eigenvalue weighted by molar-refractivity contribution is 0.256. The van der Waals surface area contributed by atoms with E-state index in [0.717, 1.165) is 29.4 Å². The Labute approximate surface area is 88.5 Å². The molecule has 0 aliphatic carbocycles. The van der Waals surface area contributed by atoms with Crippen molar-refractivity contribution in [1.82, 2.24) is 5.32 Å². The van der Waals surface area contributed by atoms with Crippen molar-refractivity contribution in [1.29, 1.82) is 0 Å². The van der Waals surface area contributed by atoms with Crippen LogP contribution in [0.4, 0.5) is 0 Å². The maximum Gasteiger partial charge on any atom is 0.133 e. The van der Waals surface area contributed by atoms with Crippen LogP contribution in [0.2, 0.25) is 5.02 Å². The molecule has 1 heterocycles. The minimum Gasteiger partial charge on any atom is -0.485 e. The molecule has 0 spiro atoms. The van der Waals surface area contributed by atoms with Crippen LogP contribution in [0.1, 0.15) is 0 Å². The summed E-state index contributed by atoms with van der Waals surface area (Å²) < 4.78 is 5.72. The van der Waals surface area contributed by atoms with Gasteiger partial charge in [0.25, 0.3) is 0 Å². The van der Waals surface area contributed by atoms with Gasteiger partial charge >= 0.3 is 0 Å². The molecular formula is C11H12ClNO. The van der Waals surface area contributed by atoms with Crippen LogP contribution in [0.5, 0.6) is 5.75 Å². The Bertz CT molecular complexity index is 334. The van der Waals surface area contributed by atoms with Gasteiger partial charge in [0.2, 0.25) is 0 Å². The van der Waals surface area contributed by atoms with Gasteiger partial charge < -0.3 is 10.1 Å². The van der Waals surface area contributed by atoms with Crippen LogP contribution >= 0.6 is 11.6 Å². The highest BCUT2D eigenvalue weighted by atomic mass is 35.5. The molecule has 2 nitrogen and oxygen atoms in total. The quantitative estimate of drug-likeness (QED) is 0.755. The van der Waals surface area contributed by atoms with E-state index in [1.165, 1.54) is 0 Å². The van der Waals surface area contributed by atoms with Gasteiger partial charge in [-0.2, -0.15) is 0 Å². The molecule has 0 amide bonds. The maximum atomic E-state index is 5.77. The maximum absolute atomic E-state index is 5.77. The fourth-order valence-corrected chi connectivity index (χ4v) is 1.55. The first-order chi connectivity index (χ1) is 6.75. The number of hydrogen-bond acceptors (Lipinski definition) is 2. The normalized spacial score (nSPS) is 21.2. The van der Waals surface area contributed by atoms with Crippen molar-refractivity contribution < 1.29 is 4.74 Å². The zero-order valence-electron chi connectivity index (χ0n) is 7.79. The van der Waals surface area contributed by atoms with Crippen LogP contribution < -0.4 is 10.1 Å². The smallest absolute Gasteiger partial charge is 0.133 e. The number of nitrogens with one attached hydrogen (secondary N) is 1. The second-order valence-corrected chi connectivity index (χ2v) is 3.79. The van der Waals surface area contributed by atoms with Crippen molar-refractivity contribution in [3.63, 3.8) is 0 Å². The van der Waals surface area contributed by atoms with E-state index in [4.69, 9.17) is 16.3 Å². The standard InChI is InChI=1S/C11H12ClNO/c1-8-6-13-7-11(8)14-10-4-2-9(12)3-5-10/h2-5,11,13H,1,6-7H2/t11-/m0/s1. The summed E-state index contributed by atoms with van der Waals surface area (Å²) >= 11 is 5.77. The monoisotopic (exact) mass is 209 g/mol. The largest absolute Gasteiger partial charge is 0.485 e. The molecule has 0 unspecified atom stereocenters. The van der Waals surface area contributed by atoms with Gasteiger partial charge in [-0.15, -0.1) is 0 Å². The molecule has 1 fully saturated rings. The van der Waals surface area contributed by atoms with Gasteiger partial charge in [-0.25, -0.2) is 0 Å². The molecule has 3 heteroatoms. The van der Waals surface area contributed by atoms with Gasteiger partial charge in [-0.3, -0.25) is 0 Å². The summed E-state index contributed by atoms with van der Waals surface area (Å²) in [4.78, 5) is 0. The van der Waals surface area contributed by atoms with E-state index in [1.807, 2.05) is 24.3 Å². The van der Waals surface area contributed by atoms with Gasteiger partial charge in [-0.1, -0.05) is 18.2 Å². The summed E-state index contributed by atoms with van der Waals surface area (Å²) in [6.45, 7) is 5.62. The molecule has 0 bridgehead atoms. The first-order valence-corrected chi connectivity index (χ1v) is 4.94. The molecule has 1 atom stereocenters. The topological polar surface area (TPSA) is 21.3 Å². The summed E-state index contributed by atoms with van der Waals surface area (Å²) in [5.74, 6) is 0.837. The Hall–Kier alpha value is -0.990. The molecule has 74 valence electrons. The van der Waals surface area contributed by atoms with E-state index in [0.29, 0.717) is 0 Å². The molecule has 1 saturated heterocycles. The molecule has 2 rings (SSSR count). The minimum atomic E-state index is 0.0937. The lowest BCUT2D eigenvalue weighted by Crippen LogP contribution is -2.20. The van der Waals surface area contributed by atoms with Crippen molar-refractivity contribution in [3.05, 3.63) is 41.4 Å². The predicted octanol–water partition coefficient (Wildman–Crippen LogP) is 2.25. The van der Waals surface area contributed by atoms with Crippen molar-refractivity contribution in [2.75, 3.05) is 13.1 Å². The number of ether oxygens (including phenoxy) is 1. The Morgan fingerprint density at radius 1 is 1.36 bits per heavy atom. The number of rotatable bonds is 2. The third-order valence-electron chi connectivity index (χ3n) is 2.23. The highest BCUT2D eigenvalue weighted by Gasteiger charge is 2.19. The zero-order valence-corrected chi connectivity index (χ0v) is 8.55. The van der Waals surface area contributed by atoms with Crippen molar-refractivity contribution in [3.8, 4) is 5.75 Å². The Balaban J connectivity index is 2.03. The first-order valence-electron chi connectivity index (χ1n) is 4.56. The van der Waals surface area contributed by atoms with Gasteiger partial charge in [-0.05, 0) is 29.8 Å². The van der Waals surface area contributed by atoms with Gasteiger partial charge in [0, 0.05) is 18.1 Å². The van der Waals surface area contributed by atoms with Crippen molar-refractivity contribution in [2.45, 2.75) is 6.10 Å². The molecule has 1 aliphatic heterocycles. The average Bonchev–Trinajstić information content (AvgIpc) is 2.56. The van der Waals surface area contributed by atoms with Crippen LogP contribution in [-0.2, 0) is 0 Å². The van der Waals surface area contributed by atoms with E-state index in [-0.39, 0.29) is 6.10 Å². The highest BCUT2D eigenvalue weighted by molar-refractivity contribution is 6.30.